The lowest BCUT2D eigenvalue weighted by Crippen LogP contribution is -2.13. The van der Waals surface area contributed by atoms with Crippen molar-refractivity contribution in [3.05, 3.63) is 39.8 Å². The van der Waals surface area contributed by atoms with Crippen LogP contribution in [-0.4, -0.2) is 31.6 Å². The number of aromatic nitrogens is 1. The number of amides is 1. The van der Waals surface area contributed by atoms with Gasteiger partial charge in [-0.2, -0.15) is 0 Å². The highest BCUT2D eigenvalue weighted by Gasteiger charge is 2.26. The lowest BCUT2D eigenvalue weighted by atomic mass is 10.1. The van der Waals surface area contributed by atoms with Crippen molar-refractivity contribution in [3.63, 3.8) is 0 Å². The highest BCUT2D eigenvalue weighted by Crippen LogP contribution is 2.28. The van der Waals surface area contributed by atoms with Gasteiger partial charge in [-0.15, -0.1) is 23.7 Å². The van der Waals surface area contributed by atoms with Crippen LogP contribution in [0.4, 0.5) is 5.69 Å². The SMILES string of the molecule is Cl.NCCc1nc(C(=O)Nc2ccc3c(c2)S(=O)(=O)CC3)cs1. The summed E-state index contributed by atoms with van der Waals surface area (Å²) in [7, 11) is -3.21. The number of thiazole rings is 1. The predicted molar refractivity (Wildman–Crippen MR) is 92.3 cm³/mol. The molecule has 23 heavy (non-hydrogen) atoms. The minimum Gasteiger partial charge on any atom is -0.330 e. The molecular weight excluding hydrogens is 358 g/mol. The first-order valence-electron chi connectivity index (χ1n) is 6.81. The number of fused-ring (bicyclic) bond motifs is 1. The molecule has 3 N–H and O–H groups in total. The molecule has 0 bridgehead atoms. The first-order valence-corrected chi connectivity index (χ1v) is 9.34. The number of aryl methyl sites for hydroxylation is 1. The Morgan fingerprint density at radius 3 is 2.91 bits per heavy atom. The fourth-order valence-corrected chi connectivity index (χ4v) is 4.71. The van der Waals surface area contributed by atoms with Crippen molar-refractivity contribution in [3.8, 4) is 0 Å². The zero-order valence-electron chi connectivity index (χ0n) is 12.1. The van der Waals surface area contributed by atoms with Crippen LogP contribution in [0.2, 0.25) is 0 Å². The van der Waals surface area contributed by atoms with E-state index in [2.05, 4.69) is 10.3 Å². The number of hydrogen-bond donors (Lipinski definition) is 2. The second-order valence-electron chi connectivity index (χ2n) is 5.01. The summed E-state index contributed by atoms with van der Waals surface area (Å²) in [6.45, 7) is 0.483. The molecule has 124 valence electrons. The van der Waals surface area contributed by atoms with Crippen molar-refractivity contribution in [2.75, 3.05) is 17.6 Å². The third-order valence-corrected chi connectivity index (χ3v) is 6.14. The average molecular weight is 374 g/mol. The fourth-order valence-electron chi connectivity index (χ4n) is 2.33. The topological polar surface area (TPSA) is 102 Å². The average Bonchev–Trinajstić information content (AvgIpc) is 3.05. The maximum Gasteiger partial charge on any atom is 0.275 e. The van der Waals surface area contributed by atoms with Gasteiger partial charge in [0.2, 0.25) is 0 Å². The number of nitrogens with two attached hydrogens (primary N) is 1. The molecule has 0 aliphatic carbocycles. The number of halogens is 1. The van der Waals surface area contributed by atoms with Crippen LogP contribution in [0.1, 0.15) is 21.1 Å². The molecule has 1 amide bonds. The molecule has 0 spiro atoms. The monoisotopic (exact) mass is 373 g/mol. The van der Waals surface area contributed by atoms with Crippen molar-refractivity contribution < 1.29 is 13.2 Å². The summed E-state index contributed by atoms with van der Waals surface area (Å²) in [5, 5.41) is 5.17. The Morgan fingerprint density at radius 1 is 1.39 bits per heavy atom. The number of carbonyl (C=O) groups is 1. The molecule has 0 unspecified atom stereocenters. The van der Waals surface area contributed by atoms with E-state index in [0.717, 1.165) is 10.6 Å². The van der Waals surface area contributed by atoms with Crippen molar-refractivity contribution in [1.29, 1.82) is 0 Å². The van der Waals surface area contributed by atoms with E-state index in [1.807, 2.05) is 0 Å². The van der Waals surface area contributed by atoms with Crippen LogP contribution in [0.15, 0.2) is 28.5 Å². The van der Waals surface area contributed by atoms with Gasteiger partial charge in [-0.05, 0) is 30.7 Å². The van der Waals surface area contributed by atoms with E-state index >= 15 is 0 Å². The van der Waals surface area contributed by atoms with Crippen molar-refractivity contribution >= 4 is 45.2 Å². The number of benzene rings is 1. The lowest BCUT2D eigenvalue weighted by molar-refractivity contribution is 0.102. The summed E-state index contributed by atoms with van der Waals surface area (Å²) in [4.78, 5) is 16.7. The molecule has 1 aromatic carbocycles. The summed E-state index contributed by atoms with van der Waals surface area (Å²) in [6, 6.07) is 4.98. The van der Waals surface area contributed by atoms with E-state index in [1.165, 1.54) is 17.4 Å². The van der Waals surface area contributed by atoms with E-state index in [-0.39, 0.29) is 24.1 Å². The molecule has 1 aromatic heterocycles. The molecule has 2 heterocycles. The van der Waals surface area contributed by atoms with Gasteiger partial charge in [0, 0.05) is 17.5 Å². The Hall–Kier alpha value is -1.48. The molecule has 1 aliphatic rings. The number of nitrogens with zero attached hydrogens (tertiary/aromatic N) is 1. The Labute approximate surface area is 144 Å². The van der Waals surface area contributed by atoms with Crippen molar-refractivity contribution in [2.45, 2.75) is 17.7 Å². The minimum atomic E-state index is -3.21. The van der Waals surface area contributed by atoms with Crippen molar-refractivity contribution in [1.82, 2.24) is 4.98 Å². The predicted octanol–water partition coefficient (Wildman–Crippen LogP) is 1.65. The number of rotatable bonds is 4. The molecule has 0 atom stereocenters. The zero-order chi connectivity index (χ0) is 15.7. The molecule has 1 aliphatic heterocycles. The van der Waals surface area contributed by atoms with Gasteiger partial charge in [-0.25, -0.2) is 13.4 Å². The van der Waals surface area contributed by atoms with E-state index in [4.69, 9.17) is 5.73 Å². The van der Waals surface area contributed by atoms with Crippen LogP contribution in [0.5, 0.6) is 0 Å². The van der Waals surface area contributed by atoms with Gasteiger partial charge >= 0.3 is 0 Å². The van der Waals surface area contributed by atoms with Crippen molar-refractivity contribution in [2.24, 2.45) is 5.73 Å². The summed E-state index contributed by atoms with van der Waals surface area (Å²) < 4.78 is 23.8. The number of hydrogen-bond acceptors (Lipinski definition) is 6. The lowest BCUT2D eigenvalue weighted by Gasteiger charge is -2.05. The third-order valence-electron chi connectivity index (χ3n) is 3.44. The van der Waals surface area contributed by atoms with Gasteiger partial charge in [-0.3, -0.25) is 4.79 Å². The highest BCUT2D eigenvalue weighted by molar-refractivity contribution is 7.91. The van der Waals surface area contributed by atoms with Crippen LogP contribution in [0, 0.1) is 0 Å². The third kappa shape index (κ3) is 3.72. The van der Waals surface area contributed by atoms with Gasteiger partial charge < -0.3 is 11.1 Å². The normalized spacial score (nSPS) is 14.8. The van der Waals surface area contributed by atoms with E-state index < -0.39 is 9.84 Å². The second kappa shape index (κ2) is 6.96. The molecular formula is C14H16ClN3O3S2. The van der Waals surface area contributed by atoms with Gasteiger partial charge in [-0.1, -0.05) is 6.07 Å². The minimum absolute atomic E-state index is 0. The van der Waals surface area contributed by atoms with Gasteiger partial charge in [0.15, 0.2) is 9.84 Å². The Balaban J connectivity index is 0.00000192. The largest absolute Gasteiger partial charge is 0.330 e. The van der Waals surface area contributed by atoms with Crippen LogP contribution in [0.25, 0.3) is 0 Å². The molecule has 0 saturated carbocycles. The number of sulfone groups is 1. The standard InChI is InChI=1S/C14H15N3O3S2.ClH/c15-5-3-13-17-11(8-21-13)14(18)16-10-2-1-9-4-6-22(19,20)12(9)7-10;/h1-2,7-8H,3-6,15H2,(H,16,18);1H. The van der Waals surface area contributed by atoms with Crippen LogP contribution in [0.3, 0.4) is 0 Å². The van der Waals surface area contributed by atoms with E-state index in [1.54, 1.807) is 17.5 Å². The van der Waals surface area contributed by atoms with Gasteiger partial charge in [0.25, 0.3) is 5.91 Å². The van der Waals surface area contributed by atoms with Crippen LogP contribution < -0.4 is 11.1 Å². The number of anilines is 1. The molecule has 0 fully saturated rings. The molecule has 9 heteroatoms. The maximum absolute atomic E-state index is 12.1. The maximum atomic E-state index is 12.1. The van der Waals surface area contributed by atoms with Crippen LogP contribution >= 0.6 is 23.7 Å². The first kappa shape index (κ1) is 17.9. The highest BCUT2D eigenvalue weighted by atomic mass is 35.5. The molecule has 6 nitrogen and oxygen atoms in total. The first-order chi connectivity index (χ1) is 10.5. The molecule has 0 saturated heterocycles. The summed E-state index contributed by atoms with van der Waals surface area (Å²) in [6.07, 6.45) is 1.16. The van der Waals surface area contributed by atoms with E-state index in [0.29, 0.717) is 35.7 Å². The number of nitrogens with one attached hydrogen (secondary N) is 1. The van der Waals surface area contributed by atoms with Gasteiger partial charge in [0.05, 0.1) is 15.7 Å². The fraction of sp³-hybridized carbons (Fsp3) is 0.286. The summed E-state index contributed by atoms with van der Waals surface area (Å²) in [5.41, 5.74) is 7.04. The molecule has 0 radical (unpaired) electrons. The Kier molecular flexibility index (Phi) is 5.41. The summed E-state index contributed by atoms with van der Waals surface area (Å²) >= 11 is 1.39. The number of carbonyl (C=O) groups excluding carboxylic acids is 1. The second-order valence-corrected chi connectivity index (χ2v) is 8.03. The summed E-state index contributed by atoms with van der Waals surface area (Å²) in [5.74, 6) is -0.219. The van der Waals surface area contributed by atoms with E-state index in [9.17, 15) is 13.2 Å². The molecule has 3 rings (SSSR count). The Morgan fingerprint density at radius 2 is 2.17 bits per heavy atom. The zero-order valence-corrected chi connectivity index (χ0v) is 14.6. The van der Waals surface area contributed by atoms with Crippen LogP contribution in [-0.2, 0) is 22.7 Å². The molecule has 2 aromatic rings. The quantitative estimate of drug-likeness (QED) is 0.848. The Bertz CT molecular complexity index is 834. The van der Waals surface area contributed by atoms with Gasteiger partial charge in [0.1, 0.15) is 5.69 Å². The smallest absolute Gasteiger partial charge is 0.275 e.